The van der Waals surface area contributed by atoms with Crippen LogP contribution in [0.5, 0.6) is 0 Å². The van der Waals surface area contributed by atoms with Crippen molar-refractivity contribution in [3.8, 4) is 0 Å². The Kier molecular flexibility index (Phi) is 3.75. The van der Waals surface area contributed by atoms with Crippen LogP contribution < -0.4 is 10.2 Å². The van der Waals surface area contributed by atoms with Crippen LogP contribution in [0.4, 0.5) is 0 Å². The maximum atomic E-state index is 10.9. The summed E-state index contributed by atoms with van der Waals surface area (Å²) in [4.78, 5) is 13.7. The molecule has 0 aliphatic heterocycles. The van der Waals surface area contributed by atoms with E-state index < -0.39 is 0 Å². The molecule has 0 saturated carbocycles. The summed E-state index contributed by atoms with van der Waals surface area (Å²) in [6.45, 7) is 5.56. The highest BCUT2D eigenvalue weighted by Gasteiger charge is 2.02. The molecule has 0 aromatic carbocycles. The highest BCUT2D eigenvalue weighted by molar-refractivity contribution is 7.07. The summed E-state index contributed by atoms with van der Waals surface area (Å²) >= 11 is 1.19. The third kappa shape index (κ3) is 3.28. The first-order valence-corrected chi connectivity index (χ1v) is 6.44. The maximum absolute atomic E-state index is 10.9. The lowest BCUT2D eigenvalue weighted by Gasteiger charge is -2.04. The number of nitrogens with zero attached hydrogens (tertiary/aromatic N) is 2. The Morgan fingerprint density at radius 3 is 2.94 bits per heavy atom. The van der Waals surface area contributed by atoms with Gasteiger partial charge in [0.05, 0.1) is 5.69 Å². The van der Waals surface area contributed by atoms with Gasteiger partial charge in [0, 0.05) is 36.4 Å². The first-order valence-electron chi connectivity index (χ1n) is 5.56. The van der Waals surface area contributed by atoms with E-state index in [0.717, 1.165) is 11.4 Å². The molecule has 2 heterocycles. The first kappa shape index (κ1) is 12.1. The molecule has 2 aromatic rings. The molecule has 2 N–H and O–H groups in total. The summed E-state index contributed by atoms with van der Waals surface area (Å²) in [6.07, 6.45) is 1.98. The van der Waals surface area contributed by atoms with Crippen LogP contribution in [0.25, 0.3) is 0 Å². The minimum Gasteiger partial charge on any atom is -0.315 e. The van der Waals surface area contributed by atoms with Crippen LogP contribution in [-0.2, 0) is 13.1 Å². The normalized spacial score (nSPS) is 11.2. The van der Waals surface area contributed by atoms with Crippen LogP contribution in [0, 0.1) is 0 Å². The summed E-state index contributed by atoms with van der Waals surface area (Å²) < 4.78 is 1.93. The van der Waals surface area contributed by atoms with E-state index in [0.29, 0.717) is 19.1 Å². The van der Waals surface area contributed by atoms with Crippen LogP contribution in [0.1, 0.15) is 31.3 Å². The summed E-state index contributed by atoms with van der Waals surface area (Å²) in [7, 11) is 0. The highest BCUT2D eigenvalue weighted by Crippen LogP contribution is 2.04. The maximum Gasteiger partial charge on any atom is 0.304 e. The molecule has 6 heteroatoms. The van der Waals surface area contributed by atoms with Crippen molar-refractivity contribution in [1.82, 2.24) is 20.1 Å². The van der Waals surface area contributed by atoms with Crippen molar-refractivity contribution in [2.24, 2.45) is 0 Å². The Morgan fingerprint density at radius 2 is 2.35 bits per heavy atom. The molecule has 0 fully saturated rings. The van der Waals surface area contributed by atoms with Crippen LogP contribution in [0.15, 0.2) is 22.4 Å². The third-order valence-electron chi connectivity index (χ3n) is 2.39. The molecule has 0 aliphatic rings. The number of thiazole rings is 1. The molecule has 2 rings (SSSR count). The van der Waals surface area contributed by atoms with Gasteiger partial charge in [-0.3, -0.25) is 9.48 Å². The average molecular weight is 252 g/mol. The molecule has 92 valence electrons. The van der Waals surface area contributed by atoms with Gasteiger partial charge in [0.2, 0.25) is 0 Å². The second-order valence-electron chi connectivity index (χ2n) is 4.16. The van der Waals surface area contributed by atoms with Crippen molar-refractivity contribution < 1.29 is 0 Å². The second-order valence-corrected chi connectivity index (χ2v) is 5.00. The topological polar surface area (TPSA) is 62.7 Å². The fraction of sp³-hybridized carbons (Fsp3) is 0.455. The lowest BCUT2D eigenvalue weighted by Crippen LogP contribution is -2.14. The van der Waals surface area contributed by atoms with Crippen LogP contribution in [0.2, 0.25) is 0 Å². The zero-order valence-electron chi connectivity index (χ0n) is 9.93. The van der Waals surface area contributed by atoms with Gasteiger partial charge in [0.25, 0.3) is 0 Å². The van der Waals surface area contributed by atoms with E-state index in [4.69, 9.17) is 0 Å². The lowest BCUT2D eigenvalue weighted by molar-refractivity contribution is 0.521. The lowest BCUT2D eigenvalue weighted by atomic mass is 10.4. The predicted octanol–water partition coefficient (Wildman–Crippen LogP) is 1.50. The van der Waals surface area contributed by atoms with E-state index in [9.17, 15) is 4.79 Å². The predicted molar refractivity (Wildman–Crippen MR) is 68.1 cm³/mol. The van der Waals surface area contributed by atoms with E-state index in [1.54, 1.807) is 0 Å². The molecule has 0 saturated heterocycles. The van der Waals surface area contributed by atoms with Gasteiger partial charge in [-0.2, -0.15) is 5.10 Å². The molecule has 0 radical (unpaired) electrons. The van der Waals surface area contributed by atoms with Gasteiger partial charge < -0.3 is 10.3 Å². The molecule has 0 bridgehead atoms. The zero-order chi connectivity index (χ0) is 12.3. The molecule has 0 amide bonds. The molecule has 2 aromatic heterocycles. The van der Waals surface area contributed by atoms with E-state index in [-0.39, 0.29) is 4.87 Å². The molecule has 0 spiro atoms. The Morgan fingerprint density at radius 1 is 1.53 bits per heavy atom. The summed E-state index contributed by atoms with van der Waals surface area (Å²) in [5.74, 6) is 0. The number of aromatic amines is 1. The first-order chi connectivity index (χ1) is 8.15. The van der Waals surface area contributed by atoms with E-state index in [1.807, 2.05) is 22.3 Å². The minimum absolute atomic E-state index is 0.00844. The average Bonchev–Trinajstić information content (AvgIpc) is 2.88. The van der Waals surface area contributed by atoms with Crippen molar-refractivity contribution in [1.29, 1.82) is 0 Å². The highest BCUT2D eigenvalue weighted by atomic mass is 32.1. The number of nitrogens with one attached hydrogen (secondary N) is 2. The SMILES string of the molecule is CC(C)n1ccc(CNCc2csc(=O)[nH]2)n1. The number of rotatable bonds is 5. The fourth-order valence-corrected chi connectivity index (χ4v) is 2.07. The van der Waals surface area contributed by atoms with Gasteiger partial charge >= 0.3 is 4.87 Å². The monoisotopic (exact) mass is 252 g/mol. The van der Waals surface area contributed by atoms with Crippen LogP contribution >= 0.6 is 11.3 Å². The number of H-pyrrole nitrogens is 1. The Bertz CT molecular complexity index is 525. The van der Waals surface area contributed by atoms with Gasteiger partial charge in [-0.25, -0.2) is 0 Å². The van der Waals surface area contributed by atoms with Crippen molar-refractivity contribution >= 4 is 11.3 Å². The van der Waals surface area contributed by atoms with Gasteiger partial charge in [-0.1, -0.05) is 11.3 Å². The van der Waals surface area contributed by atoms with Crippen molar-refractivity contribution in [3.63, 3.8) is 0 Å². The molecule has 0 unspecified atom stereocenters. The largest absolute Gasteiger partial charge is 0.315 e. The molecule has 17 heavy (non-hydrogen) atoms. The Balaban J connectivity index is 1.83. The summed E-state index contributed by atoms with van der Waals surface area (Å²) in [6, 6.07) is 2.39. The third-order valence-corrected chi connectivity index (χ3v) is 3.10. The molecular formula is C11H16N4OS. The second kappa shape index (κ2) is 5.29. The van der Waals surface area contributed by atoms with Gasteiger partial charge in [0.1, 0.15) is 0 Å². The quantitative estimate of drug-likeness (QED) is 0.847. The standard InChI is InChI=1S/C11H16N4OS/c1-8(2)15-4-3-9(14-15)5-12-6-10-7-17-11(16)13-10/h3-4,7-8,12H,5-6H2,1-2H3,(H,13,16). The van der Waals surface area contributed by atoms with Gasteiger partial charge in [0.15, 0.2) is 0 Å². The minimum atomic E-state index is -0.00844. The Labute approximate surface area is 103 Å². The molecule has 0 atom stereocenters. The van der Waals surface area contributed by atoms with E-state index in [1.165, 1.54) is 11.3 Å². The summed E-state index contributed by atoms with van der Waals surface area (Å²) in [5, 5.41) is 9.51. The fourth-order valence-electron chi connectivity index (χ4n) is 1.49. The molecule has 5 nitrogen and oxygen atoms in total. The van der Waals surface area contributed by atoms with Gasteiger partial charge in [-0.05, 0) is 19.9 Å². The van der Waals surface area contributed by atoms with E-state index in [2.05, 4.69) is 29.2 Å². The van der Waals surface area contributed by atoms with E-state index >= 15 is 0 Å². The molecule has 0 aliphatic carbocycles. The van der Waals surface area contributed by atoms with Crippen molar-refractivity contribution in [3.05, 3.63) is 38.7 Å². The number of hydrogen-bond acceptors (Lipinski definition) is 4. The van der Waals surface area contributed by atoms with Crippen molar-refractivity contribution in [2.45, 2.75) is 33.0 Å². The van der Waals surface area contributed by atoms with Crippen LogP contribution in [0.3, 0.4) is 0 Å². The zero-order valence-corrected chi connectivity index (χ0v) is 10.8. The Hall–Kier alpha value is -1.40. The van der Waals surface area contributed by atoms with Crippen molar-refractivity contribution in [2.75, 3.05) is 0 Å². The van der Waals surface area contributed by atoms with Crippen LogP contribution in [-0.4, -0.2) is 14.8 Å². The number of aromatic nitrogens is 3. The molecular weight excluding hydrogens is 236 g/mol. The number of hydrogen-bond donors (Lipinski definition) is 2. The smallest absolute Gasteiger partial charge is 0.304 e. The van der Waals surface area contributed by atoms with Gasteiger partial charge in [-0.15, -0.1) is 0 Å². The summed E-state index contributed by atoms with van der Waals surface area (Å²) in [5.41, 5.74) is 1.93.